The summed E-state index contributed by atoms with van der Waals surface area (Å²) in [5.74, 6) is 0.968. The van der Waals surface area contributed by atoms with Gasteiger partial charge in [-0.1, -0.05) is 13.8 Å². The van der Waals surface area contributed by atoms with Crippen LogP contribution >= 0.6 is 0 Å². The fourth-order valence-corrected chi connectivity index (χ4v) is 2.01. The molecule has 15 heavy (non-hydrogen) atoms. The lowest BCUT2D eigenvalue weighted by atomic mass is 10.0. The van der Waals surface area contributed by atoms with Gasteiger partial charge in [0.05, 0.1) is 0 Å². The second-order valence-electron chi connectivity index (χ2n) is 4.94. The molecule has 1 N–H and O–H groups in total. The summed E-state index contributed by atoms with van der Waals surface area (Å²) in [6.45, 7) is 9.06. The molecule has 1 fully saturated rings. The summed E-state index contributed by atoms with van der Waals surface area (Å²) in [5.41, 5.74) is 0. The zero-order chi connectivity index (χ0) is 11.3. The second-order valence-corrected chi connectivity index (χ2v) is 4.94. The third-order valence-corrected chi connectivity index (χ3v) is 3.02. The van der Waals surface area contributed by atoms with Gasteiger partial charge in [-0.15, -0.1) is 0 Å². The number of carbonyl (C=O) groups excluding carboxylic acids is 1. The molecule has 1 unspecified atom stereocenters. The van der Waals surface area contributed by atoms with Crippen molar-refractivity contribution in [3.05, 3.63) is 0 Å². The monoisotopic (exact) mass is 212 g/mol. The highest BCUT2D eigenvalue weighted by molar-refractivity contribution is 5.73. The Labute approximate surface area is 93.2 Å². The largest absolute Gasteiger partial charge is 0.341 e. The average Bonchev–Trinajstić information content (AvgIpc) is 2.17. The molecule has 0 aromatic carbocycles. The molecular formula is C12H24N2O. The highest BCUT2D eigenvalue weighted by atomic mass is 16.2. The molecule has 3 nitrogen and oxygen atoms in total. The number of nitrogens with one attached hydrogen (secondary N) is 1. The lowest BCUT2D eigenvalue weighted by molar-refractivity contribution is -0.130. The molecule has 0 aliphatic carbocycles. The molecule has 88 valence electrons. The predicted octanol–water partition coefficient (Wildman–Crippen LogP) is 1.63. The molecular weight excluding hydrogens is 188 g/mol. The highest BCUT2D eigenvalue weighted by Gasteiger charge is 2.20. The van der Waals surface area contributed by atoms with E-state index in [4.69, 9.17) is 0 Å². The predicted molar refractivity (Wildman–Crippen MR) is 62.7 cm³/mol. The van der Waals surface area contributed by atoms with Crippen molar-refractivity contribution < 1.29 is 4.79 Å². The van der Waals surface area contributed by atoms with Gasteiger partial charge in [-0.25, -0.2) is 0 Å². The molecule has 0 aromatic rings. The van der Waals surface area contributed by atoms with E-state index in [-0.39, 0.29) is 5.91 Å². The summed E-state index contributed by atoms with van der Waals surface area (Å²) in [6.07, 6.45) is 3.57. The van der Waals surface area contributed by atoms with Crippen LogP contribution in [-0.2, 0) is 4.79 Å². The van der Waals surface area contributed by atoms with Gasteiger partial charge in [-0.05, 0) is 31.7 Å². The Kier molecular flexibility index (Phi) is 5.09. The number of rotatable bonds is 4. The molecule has 0 bridgehead atoms. The van der Waals surface area contributed by atoms with E-state index in [2.05, 4.69) is 19.2 Å². The van der Waals surface area contributed by atoms with Gasteiger partial charge in [0.1, 0.15) is 0 Å². The van der Waals surface area contributed by atoms with E-state index in [0.29, 0.717) is 6.04 Å². The number of nitrogens with zero attached hydrogens (tertiary/aromatic N) is 1. The molecule has 0 saturated carbocycles. The average molecular weight is 212 g/mol. The summed E-state index contributed by atoms with van der Waals surface area (Å²) in [6, 6.07) is 0.515. The van der Waals surface area contributed by atoms with Crippen molar-refractivity contribution in [1.82, 2.24) is 10.2 Å². The van der Waals surface area contributed by atoms with Crippen LogP contribution in [0.1, 0.15) is 40.0 Å². The van der Waals surface area contributed by atoms with Crippen molar-refractivity contribution >= 4 is 5.91 Å². The number of hydrogen-bond donors (Lipinski definition) is 1. The molecule has 1 saturated heterocycles. The number of likely N-dealkylation sites (tertiary alicyclic amines) is 1. The van der Waals surface area contributed by atoms with Crippen LogP contribution in [0.25, 0.3) is 0 Å². The van der Waals surface area contributed by atoms with Crippen molar-refractivity contribution in [2.45, 2.75) is 46.1 Å². The Morgan fingerprint density at radius 3 is 2.87 bits per heavy atom. The summed E-state index contributed by atoms with van der Waals surface area (Å²) >= 11 is 0. The maximum Gasteiger partial charge on any atom is 0.219 e. The zero-order valence-corrected chi connectivity index (χ0v) is 10.3. The first-order valence-corrected chi connectivity index (χ1v) is 6.08. The molecule has 0 spiro atoms. The summed E-state index contributed by atoms with van der Waals surface area (Å²) < 4.78 is 0. The van der Waals surface area contributed by atoms with Gasteiger partial charge >= 0.3 is 0 Å². The number of carbonyl (C=O) groups is 1. The van der Waals surface area contributed by atoms with Crippen molar-refractivity contribution in [2.24, 2.45) is 5.92 Å². The Balaban J connectivity index is 2.21. The van der Waals surface area contributed by atoms with Gasteiger partial charge in [-0.2, -0.15) is 0 Å². The van der Waals surface area contributed by atoms with E-state index in [1.807, 2.05) is 4.90 Å². The minimum absolute atomic E-state index is 0.213. The van der Waals surface area contributed by atoms with Crippen LogP contribution in [0.2, 0.25) is 0 Å². The molecule has 1 aliphatic rings. The van der Waals surface area contributed by atoms with Gasteiger partial charge in [0.2, 0.25) is 5.91 Å². The van der Waals surface area contributed by atoms with E-state index in [9.17, 15) is 4.79 Å². The van der Waals surface area contributed by atoms with Gasteiger partial charge < -0.3 is 10.2 Å². The summed E-state index contributed by atoms with van der Waals surface area (Å²) in [7, 11) is 0. The molecule has 1 amide bonds. The fraction of sp³-hybridized carbons (Fsp3) is 0.917. The first-order valence-electron chi connectivity index (χ1n) is 6.08. The van der Waals surface area contributed by atoms with Crippen molar-refractivity contribution in [1.29, 1.82) is 0 Å². The van der Waals surface area contributed by atoms with Crippen LogP contribution in [0.5, 0.6) is 0 Å². The maximum absolute atomic E-state index is 11.2. The Bertz CT molecular complexity index is 204. The standard InChI is InChI=1S/C12H24N2O/c1-10(2)6-7-13-12-5-4-8-14(9-12)11(3)15/h10,12-13H,4-9H2,1-3H3. The SMILES string of the molecule is CC(=O)N1CCCC(NCCC(C)C)C1. The lowest BCUT2D eigenvalue weighted by Crippen LogP contribution is -2.47. The third-order valence-electron chi connectivity index (χ3n) is 3.02. The van der Waals surface area contributed by atoms with Crippen molar-refractivity contribution in [2.75, 3.05) is 19.6 Å². The fourth-order valence-electron chi connectivity index (χ4n) is 2.01. The van der Waals surface area contributed by atoms with Crippen LogP contribution in [0.4, 0.5) is 0 Å². The molecule has 1 heterocycles. The zero-order valence-electron chi connectivity index (χ0n) is 10.3. The number of hydrogen-bond acceptors (Lipinski definition) is 2. The lowest BCUT2D eigenvalue weighted by Gasteiger charge is -2.32. The van der Waals surface area contributed by atoms with Gasteiger partial charge in [-0.3, -0.25) is 4.79 Å². The van der Waals surface area contributed by atoms with Gasteiger partial charge in [0.15, 0.2) is 0 Å². The molecule has 1 rings (SSSR count). The topological polar surface area (TPSA) is 32.3 Å². The molecule has 0 aromatic heterocycles. The van der Waals surface area contributed by atoms with E-state index in [0.717, 1.165) is 32.0 Å². The van der Waals surface area contributed by atoms with Crippen LogP contribution in [0.15, 0.2) is 0 Å². The van der Waals surface area contributed by atoms with Gasteiger partial charge in [0.25, 0.3) is 0 Å². The Morgan fingerprint density at radius 1 is 1.53 bits per heavy atom. The second kappa shape index (κ2) is 6.11. The summed E-state index contributed by atoms with van der Waals surface area (Å²) in [5, 5.41) is 3.54. The normalized spacial score (nSPS) is 22.1. The van der Waals surface area contributed by atoms with Crippen LogP contribution in [0.3, 0.4) is 0 Å². The first kappa shape index (κ1) is 12.5. The van der Waals surface area contributed by atoms with Crippen LogP contribution < -0.4 is 5.32 Å². The Hall–Kier alpha value is -0.570. The third kappa shape index (κ3) is 4.65. The van der Waals surface area contributed by atoms with Gasteiger partial charge in [0, 0.05) is 26.1 Å². The van der Waals surface area contributed by atoms with E-state index in [1.54, 1.807) is 6.92 Å². The van der Waals surface area contributed by atoms with Crippen LogP contribution in [-0.4, -0.2) is 36.5 Å². The van der Waals surface area contributed by atoms with E-state index < -0.39 is 0 Å². The quantitative estimate of drug-likeness (QED) is 0.768. The molecule has 1 aliphatic heterocycles. The smallest absolute Gasteiger partial charge is 0.219 e. The Morgan fingerprint density at radius 2 is 2.27 bits per heavy atom. The minimum Gasteiger partial charge on any atom is -0.341 e. The maximum atomic E-state index is 11.2. The number of amides is 1. The van der Waals surface area contributed by atoms with Crippen molar-refractivity contribution in [3.63, 3.8) is 0 Å². The van der Waals surface area contributed by atoms with Crippen molar-refractivity contribution in [3.8, 4) is 0 Å². The minimum atomic E-state index is 0.213. The molecule has 0 radical (unpaired) electrons. The number of piperidine rings is 1. The first-order chi connectivity index (χ1) is 7.09. The van der Waals surface area contributed by atoms with E-state index >= 15 is 0 Å². The van der Waals surface area contributed by atoms with Crippen LogP contribution in [0, 0.1) is 5.92 Å². The molecule has 3 heteroatoms. The highest BCUT2D eigenvalue weighted by Crippen LogP contribution is 2.10. The van der Waals surface area contributed by atoms with E-state index in [1.165, 1.54) is 12.8 Å². The molecule has 1 atom stereocenters. The summed E-state index contributed by atoms with van der Waals surface area (Å²) in [4.78, 5) is 13.2.